The molecular formula is C7H15BO4. The predicted molar refractivity (Wildman–Crippen MR) is 45.5 cm³/mol. The lowest BCUT2D eigenvalue weighted by Gasteiger charge is -2.21. The van der Waals surface area contributed by atoms with Crippen LogP contribution in [0.2, 0.25) is 5.31 Å². The van der Waals surface area contributed by atoms with Gasteiger partial charge in [0, 0.05) is 11.7 Å². The molecule has 12 heavy (non-hydrogen) atoms. The van der Waals surface area contributed by atoms with E-state index in [-0.39, 0.29) is 12.4 Å². The monoisotopic (exact) mass is 174 g/mol. The Morgan fingerprint density at radius 3 is 2.33 bits per heavy atom. The molecule has 0 aromatic heterocycles. The molecule has 0 spiro atoms. The summed E-state index contributed by atoms with van der Waals surface area (Å²) in [5.74, 6) is -0.330. The first-order valence-electron chi connectivity index (χ1n) is 3.83. The third-order valence-electron chi connectivity index (χ3n) is 1.90. The van der Waals surface area contributed by atoms with Gasteiger partial charge >= 0.3 is 13.1 Å². The van der Waals surface area contributed by atoms with Gasteiger partial charge in [0.2, 0.25) is 0 Å². The minimum atomic E-state index is -1.40. The zero-order valence-corrected chi connectivity index (χ0v) is 7.70. The number of ether oxygens (including phenoxy) is 1. The van der Waals surface area contributed by atoms with Crippen molar-refractivity contribution < 1.29 is 19.6 Å². The summed E-state index contributed by atoms with van der Waals surface area (Å²) in [6.45, 7) is 3.36. The number of rotatable bonds is 4. The van der Waals surface area contributed by atoms with Crippen LogP contribution in [0.4, 0.5) is 0 Å². The first-order valence-corrected chi connectivity index (χ1v) is 3.83. The van der Waals surface area contributed by atoms with Crippen molar-refractivity contribution in [3.8, 4) is 0 Å². The van der Waals surface area contributed by atoms with Crippen LogP contribution in [0.25, 0.3) is 0 Å². The van der Waals surface area contributed by atoms with Crippen LogP contribution in [0.1, 0.15) is 26.7 Å². The van der Waals surface area contributed by atoms with E-state index >= 15 is 0 Å². The molecule has 0 radical (unpaired) electrons. The summed E-state index contributed by atoms with van der Waals surface area (Å²) >= 11 is 0. The fourth-order valence-electron chi connectivity index (χ4n) is 0.655. The molecule has 0 aliphatic carbocycles. The number of hydrogen-bond acceptors (Lipinski definition) is 4. The molecule has 0 saturated carbocycles. The lowest BCUT2D eigenvalue weighted by atomic mass is 9.58. The van der Waals surface area contributed by atoms with E-state index in [0.717, 1.165) is 0 Å². The van der Waals surface area contributed by atoms with Crippen molar-refractivity contribution in [3.63, 3.8) is 0 Å². The third-order valence-corrected chi connectivity index (χ3v) is 1.90. The second-order valence-electron chi connectivity index (χ2n) is 3.44. The highest BCUT2D eigenvalue weighted by molar-refractivity contribution is 6.45. The number of esters is 1. The molecule has 70 valence electrons. The molecule has 0 unspecified atom stereocenters. The molecule has 0 aliphatic rings. The van der Waals surface area contributed by atoms with Gasteiger partial charge in [-0.05, 0) is 6.42 Å². The summed E-state index contributed by atoms with van der Waals surface area (Å²) in [7, 11) is -0.0906. The second kappa shape index (κ2) is 4.47. The maximum absolute atomic E-state index is 10.7. The van der Waals surface area contributed by atoms with Gasteiger partial charge in [0.25, 0.3) is 0 Å². The molecule has 0 atom stereocenters. The largest absolute Gasteiger partial charge is 0.469 e. The van der Waals surface area contributed by atoms with E-state index in [2.05, 4.69) is 4.74 Å². The van der Waals surface area contributed by atoms with Crippen LogP contribution in [-0.2, 0) is 9.53 Å². The van der Waals surface area contributed by atoms with Crippen LogP contribution >= 0.6 is 0 Å². The summed E-state index contributed by atoms with van der Waals surface area (Å²) in [5.41, 5.74) is 0. The SMILES string of the molecule is COC(=O)CCC(C)(C)B(O)O. The van der Waals surface area contributed by atoms with Crippen molar-refractivity contribution >= 4 is 13.1 Å². The van der Waals surface area contributed by atoms with E-state index in [1.807, 2.05) is 0 Å². The molecule has 0 heterocycles. The fourth-order valence-corrected chi connectivity index (χ4v) is 0.655. The summed E-state index contributed by atoms with van der Waals surface area (Å²) < 4.78 is 4.42. The van der Waals surface area contributed by atoms with Gasteiger partial charge in [-0.15, -0.1) is 0 Å². The Hall–Kier alpha value is -0.545. The normalized spacial score (nSPS) is 11.1. The highest BCUT2D eigenvalue weighted by Crippen LogP contribution is 2.31. The molecule has 2 N–H and O–H groups in total. The Balaban J connectivity index is 3.83. The molecule has 5 heteroatoms. The summed E-state index contributed by atoms with van der Waals surface area (Å²) in [4.78, 5) is 10.7. The van der Waals surface area contributed by atoms with E-state index in [1.54, 1.807) is 13.8 Å². The molecule has 0 fully saturated rings. The van der Waals surface area contributed by atoms with Crippen molar-refractivity contribution in [3.05, 3.63) is 0 Å². The molecule has 0 rings (SSSR count). The van der Waals surface area contributed by atoms with Crippen molar-refractivity contribution in [1.82, 2.24) is 0 Å². The van der Waals surface area contributed by atoms with Gasteiger partial charge in [-0.2, -0.15) is 0 Å². The van der Waals surface area contributed by atoms with E-state index in [1.165, 1.54) is 7.11 Å². The minimum absolute atomic E-state index is 0.209. The van der Waals surface area contributed by atoms with Gasteiger partial charge in [0.1, 0.15) is 0 Å². The maximum Gasteiger partial charge on any atom is 0.457 e. The third kappa shape index (κ3) is 3.73. The lowest BCUT2D eigenvalue weighted by Crippen LogP contribution is -2.28. The van der Waals surface area contributed by atoms with Gasteiger partial charge in [-0.1, -0.05) is 13.8 Å². The summed E-state index contributed by atoms with van der Waals surface area (Å²) in [6.07, 6.45) is 0.610. The molecule has 0 aromatic rings. The Morgan fingerprint density at radius 2 is 2.00 bits per heavy atom. The quantitative estimate of drug-likeness (QED) is 0.471. The second-order valence-corrected chi connectivity index (χ2v) is 3.44. The van der Waals surface area contributed by atoms with Gasteiger partial charge in [0.15, 0.2) is 0 Å². The Labute approximate surface area is 72.7 Å². The van der Waals surface area contributed by atoms with E-state index in [9.17, 15) is 4.79 Å². The van der Waals surface area contributed by atoms with E-state index in [0.29, 0.717) is 6.42 Å². The predicted octanol–water partition coefficient (Wildman–Crippen LogP) is 0.193. The minimum Gasteiger partial charge on any atom is -0.469 e. The van der Waals surface area contributed by atoms with Crippen LogP contribution in [0, 0.1) is 0 Å². The van der Waals surface area contributed by atoms with Gasteiger partial charge < -0.3 is 14.8 Å². The van der Waals surface area contributed by atoms with Gasteiger partial charge in [-0.25, -0.2) is 0 Å². The van der Waals surface area contributed by atoms with E-state index < -0.39 is 12.4 Å². The van der Waals surface area contributed by atoms with Crippen LogP contribution in [0.5, 0.6) is 0 Å². The van der Waals surface area contributed by atoms with Crippen LogP contribution in [0.3, 0.4) is 0 Å². The molecular weight excluding hydrogens is 159 g/mol. The average molecular weight is 174 g/mol. The highest BCUT2D eigenvalue weighted by atomic mass is 16.5. The Bertz CT molecular complexity index is 155. The topological polar surface area (TPSA) is 66.8 Å². The molecule has 0 aromatic carbocycles. The molecule has 4 nitrogen and oxygen atoms in total. The highest BCUT2D eigenvalue weighted by Gasteiger charge is 2.32. The Morgan fingerprint density at radius 1 is 1.50 bits per heavy atom. The smallest absolute Gasteiger partial charge is 0.457 e. The number of methoxy groups -OCH3 is 1. The molecule has 0 amide bonds. The zero-order chi connectivity index (χ0) is 9.78. The number of carbonyl (C=O) groups is 1. The average Bonchev–Trinajstić information content (AvgIpc) is 2.00. The van der Waals surface area contributed by atoms with Crippen molar-refractivity contribution in [2.75, 3.05) is 7.11 Å². The fraction of sp³-hybridized carbons (Fsp3) is 0.857. The molecule has 0 saturated heterocycles. The molecule has 0 aliphatic heterocycles. The Kier molecular flexibility index (Phi) is 4.27. The first kappa shape index (κ1) is 11.5. The van der Waals surface area contributed by atoms with Crippen molar-refractivity contribution in [2.45, 2.75) is 32.0 Å². The summed E-state index contributed by atoms with van der Waals surface area (Å²) in [6, 6.07) is 0. The zero-order valence-electron chi connectivity index (χ0n) is 7.70. The molecule has 0 bridgehead atoms. The standard InChI is InChI=1S/C7H15BO4/c1-7(2,8(10)11)5-4-6(9)12-3/h10-11H,4-5H2,1-3H3. The summed E-state index contributed by atoms with van der Waals surface area (Å²) in [5, 5.41) is 17.1. The lowest BCUT2D eigenvalue weighted by molar-refractivity contribution is -0.140. The van der Waals surface area contributed by atoms with Gasteiger partial charge in [-0.3, -0.25) is 4.79 Å². The van der Waals surface area contributed by atoms with Crippen molar-refractivity contribution in [1.29, 1.82) is 0 Å². The number of carbonyl (C=O) groups excluding carboxylic acids is 1. The van der Waals surface area contributed by atoms with E-state index in [4.69, 9.17) is 10.0 Å². The number of hydrogen-bond donors (Lipinski definition) is 2. The van der Waals surface area contributed by atoms with Crippen molar-refractivity contribution in [2.24, 2.45) is 0 Å². The van der Waals surface area contributed by atoms with Crippen LogP contribution in [-0.4, -0.2) is 30.2 Å². The maximum atomic E-state index is 10.7. The van der Waals surface area contributed by atoms with Crippen LogP contribution in [0.15, 0.2) is 0 Å². The first-order chi connectivity index (χ1) is 5.40. The van der Waals surface area contributed by atoms with Gasteiger partial charge in [0.05, 0.1) is 7.11 Å². The van der Waals surface area contributed by atoms with Crippen LogP contribution < -0.4 is 0 Å².